The van der Waals surface area contributed by atoms with E-state index in [1.54, 1.807) is 0 Å². The quantitative estimate of drug-likeness (QED) is 0.628. The molecule has 1 aliphatic rings. The number of ether oxygens (including phenoxy) is 2. The molecule has 0 unspecified atom stereocenters. The van der Waals surface area contributed by atoms with E-state index in [0.29, 0.717) is 19.8 Å². The number of likely N-dealkylation sites (N-methyl/N-ethyl adjacent to an activating group) is 1. The van der Waals surface area contributed by atoms with Gasteiger partial charge in [0.15, 0.2) is 0 Å². The van der Waals surface area contributed by atoms with E-state index in [0.717, 1.165) is 44.0 Å². The summed E-state index contributed by atoms with van der Waals surface area (Å²) in [6.45, 7) is 8.72. The lowest BCUT2D eigenvalue weighted by molar-refractivity contribution is -0.136. The molecule has 3 rings (SSSR count). The van der Waals surface area contributed by atoms with E-state index in [2.05, 4.69) is 30.9 Å². The van der Waals surface area contributed by atoms with Crippen LogP contribution in [0.3, 0.4) is 0 Å². The van der Waals surface area contributed by atoms with Gasteiger partial charge in [0.2, 0.25) is 5.91 Å². The number of hydrogen-bond acceptors (Lipinski definition) is 4. The van der Waals surface area contributed by atoms with E-state index in [9.17, 15) is 4.79 Å². The molecule has 0 atom stereocenters. The van der Waals surface area contributed by atoms with Crippen LogP contribution in [0.1, 0.15) is 24.0 Å². The summed E-state index contributed by atoms with van der Waals surface area (Å²) in [5.74, 6) is 2.12. The van der Waals surface area contributed by atoms with Gasteiger partial charge in [0, 0.05) is 19.5 Å². The molecular weight excluding hydrogens is 376 g/mol. The molecule has 1 saturated heterocycles. The van der Waals surface area contributed by atoms with Gasteiger partial charge in [-0.2, -0.15) is 0 Å². The third-order valence-corrected chi connectivity index (χ3v) is 5.73. The zero-order chi connectivity index (χ0) is 21.3. The lowest BCUT2D eigenvalue weighted by atomic mass is 9.95. The number of hydrogen-bond donors (Lipinski definition) is 0. The fraction of sp³-hybridized carbons (Fsp3) is 0.480. The Morgan fingerprint density at radius 2 is 1.40 bits per heavy atom. The Bertz CT molecular complexity index is 781. The van der Waals surface area contributed by atoms with Gasteiger partial charge in [-0.05, 0) is 64.0 Å². The zero-order valence-corrected chi connectivity index (χ0v) is 18.5. The maximum absolute atomic E-state index is 12.7. The summed E-state index contributed by atoms with van der Waals surface area (Å²) in [7, 11) is 1.88. The fourth-order valence-corrected chi connectivity index (χ4v) is 3.69. The number of benzene rings is 2. The molecule has 0 radical (unpaired) electrons. The highest BCUT2D eigenvalue weighted by Gasteiger charge is 2.27. The first kappa shape index (κ1) is 22.2. The van der Waals surface area contributed by atoms with Crippen LogP contribution in [0.5, 0.6) is 11.5 Å². The number of amides is 1. The van der Waals surface area contributed by atoms with Crippen LogP contribution in [0.2, 0.25) is 0 Å². The second kappa shape index (κ2) is 11.0. The van der Waals surface area contributed by atoms with Gasteiger partial charge in [-0.1, -0.05) is 35.4 Å². The highest BCUT2D eigenvalue weighted by molar-refractivity contribution is 5.78. The molecule has 1 heterocycles. The Balaban J connectivity index is 1.31. The second-order valence-electron chi connectivity index (χ2n) is 8.20. The van der Waals surface area contributed by atoms with Crippen LogP contribution in [0.25, 0.3) is 0 Å². The number of piperidine rings is 1. The largest absolute Gasteiger partial charge is 0.492 e. The number of likely N-dealkylation sites (tertiary alicyclic amines) is 1. The summed E-state index contributed by atoms with van der Waals surface area (Å²) in [6, 6.07) is 16.2. The van der Waals surface area contributed by atoms with Crippen LogP contribution in [0.4, 0.5) is 0 Å². The van der Waals surface area contributed by atoms with Crippen LogP contribution in [0.15, 0.2) is 48.5 Å². The van der Waals surface area contributed by atoms with Crippen molar-refractivity contribution in [1.82, 2.24) is 9.80 Å². The van der Waals surface area contributed by atoms with Gasteiger partial charge in [-0.25, -0.2) is 0 Å². The minimum atomic E-state index is 0.114. The molecule has 5 heteroatoms. The smallest absolute Gasteiger partial charge is 0.225 e. The number of nitrogens with zero attached hydrogens (tertiary/aromatic N) is 2. The van der Waals surface area contributed by atoms with Gasteiger partial charge in [-0.3, -0.25) is 9.69 Å². The number of aryl methyl sites for hydroxylation is 2. The van der Waals surface area contributed by atoms with Crippen molar-refractivity contribution >= 4 is 5.91 Å². The number of rotatable bonds is 9. The Labute approximate surface area is 180 Å². The van der Waals surface area contributed by atoms with Crippen LogP contribution in [-0.4, -0.2) is 62.1 Å². The maximum atomic E-state index is 12.7. The number of carbonyl (C=O) groups excluding carboxylic acids is 1. The summed E-state index contributed by atoms with van der Waals surface area (Å²) < 4.78 is 11.6. The topological polar surface area (TPSA) is 42.0 Å². The zero-order valence-electron chi connectivity index (χ0n) is 18.5. The van der Waals surface area contributed by atoms with E-state index in [4.69, 9.17) is 9.47 Å². The Morgan fingerprint density at radius 1 is 0.900 bits per heavy atom. The molecule has 1 aliphatic heterocycles. The monoisotopic (exact) mass is 410 g/mol. The highest BCUT2D eigenvalue weighted by Crippen LogP contribution is 2.20. The number of carbonyl (C=O) groups is 1. The van der Waals surface area contributed by atoms with E-state index in [1.165, 1.54) is 11.1 Å². The van der Waals surface area contributed by atoms with Crippen molar-refractivity contribution in [3.05, 3.63) is 59.7 Å². The summed E-state index contributed by atoms with van der Waals surface area (Å²) in [6.07, 6.45) is 1.82. The molecule has 1 amide bonds. The van der Waals surface area contributed by atoms with Gasteiger partial charge in [0.1, 0.15) is 24.7 Å². The third-order valence-electron chi connectivity index (χ3n) is 5.73. The summed E-state index contributed by atoms with van der Waals surface area (Å²) in [4.78, 5) is 16.9. The van der Waals surface area contributed by atoms with Crippen LogP contribution >= 0.6 is 0 Å². The predicted octanol–water partition coefficient (Wildman–Crippen LogP) is 3.93. The minimum Gasteiger partial charge on any atom is -0.492 e. The average Bonchev–Trinajstić information content (AvgIpc) is 2.76. The first-order valence-electron chi connectivity index (χ1n) is 10.9. The molecule has 0 bridgehead atoms. The molecule has 2 aromatic rings. The van der Waals surface area contributed by atoms with Gasteiger partial charge in [0.25, 0.3) is 0 Å². The standard InChI is InChI=1S/C25H34N2O3/c1-20-4-8-23(9-5-20)29-18-16-26(3)25(28)22-12-14-27(15-13-22)17-19-30-24-10-6-21(2)7-11-24/h4-11,22H,12-19H2,1-3H3. The van der Waals surface area contributed by atoms with Crippen LogP contribution in [-0.2, 0) is 4.79 Å². The molecule has 5 nitrogen and oxygen atoms in total. The van der Waals surface area contributed by atoms with Crippen molar-refractivity contribution in [2.24, 2.45) is 5.92 Å². The summed E-state index contributed by atoms with van der Waals surface area (Å²) in [5, 5.41) is 0. The average molecular weight is 411 g/mol. The first-order chi connectivity index (χ1) is 14.5. The SMILES string of the molecule is Cc1ccc(OCCN2CCC(C(=O)N(C)CCOc3ccc(C)cc3)CC2)cc1. The van der Waals surface area contributed by atoms with Crippen molar-refractivity contribution in [2.75, 3.05) is 46.4 Å². The molecule has 0 saturated carbocycles. The summed E-state index contributed by atoms with van der Waals surface area (Å²) in [5.41, 5.74) is 2.45. The van der Waals surface area contributed by atoms with Crippen molar-refractivity contribution < 1.29 is 14.3 Å². The maximum Gasteiger partial charge on any atom is 0.225 e. The van der Waals surface area contributed by atoms with Crippen molar-refractivity contribution in [3.63, 3.8) is 0 Å². The van der Waals surface area contributed by atoms with Crippen molar-refractivity contribution in [3.8, 4) is 11.5 Å². The lowest BCUT2D eigenvalue weighted by Gasteiger charge is -2.33. The van der Waals surface area contributed by atoms with E-state index in [1.807, 2.05) is 48.3 Å². The molecule has 30 heavy (non-hydrogen) atoms. The third kappa shape index (κ3) is 6.77. The van der Waals surface area contributed by atoms with Gasteiger partial charge < -0.3 is 14.4 Å². The Morgan fingerprint density at radius 3 is 1.93 bits per heavy atom. The Kier molecular flexibility index (Phi) is 8.14. The molecular formula is C25H34N2O3. The van der Waals surface area contributed by atoms with Gasteiger partial charge >= 0.3 is 0 Å². The lowest BCUT2D eigenvalue weighted by Crippen LogP contribution is -2.43. The first-order valence-corrected chi connectivity index (χ1v) is 10.9. The molecule has 1 fully saturated rings. The summed E-state index contributed by atoms with van der Waals surface area (Å²) >= 11 is 0. The van der Waals surface area contributed by atoms with Crippen LogP contribution in [0, 0.1) is 19.8 Å². The second-order valence-corrected chi connectivity index (χ2v) is 8.20. The Hall–Kier alpha value is -2.53. The molecule has 0 aromatic heterocycles. The predicted molar refractivity (Wildman–Crippen MR) is 120 cm³/mol. The molecule has 2 aromatic carbocycles. The molecule has 0 aliphatic carbocycles. The van der Waals surface area contributed by atoms with Gasteiger partial charge in [-0.15, -0.1) is 0 Å². The highest BCUT2D eigenvalue weighted by atomic mass is 16.5. The minimum absolute atomic E-state index is 0.114. The van der Waals surface area contributed by atoms with Gasteiger partial charge in [0.05, 0.1) is 6.54 Å². The fourth-order valence-electron chi connectivity index (χ4n) is 3.69. The van der Waals surface area contributed by atoms with Crippen molar-refractivity contribution in [2.45, 2.75) is 26.7 Å². The molecule has 0 N–H and O–H groups in total. The van der Waals surface area contributed by atoms with Crippen LogP contribution < -0.4 is 9.47 Å². The molecule has 0 spiro atoms. The normalized spacial score (nSPS) is 15.0. The molecule has 162 valence electrons. The van der Waals surface area contributed by atoms with E-state index < -0.39 is 0 Å². The van der Waals surface area contributed by atoms with Crippen molar-refractivity contribution in [1.29, 1.82) is 0 Å². The van der Waals surface area contributed by atoms with E-state index in [-0.39, 0.29) is 11.8 Å². The van der Waals surface area contributed by atoms with E-state index >= 15 is 0 Å².